The first-order valence-corrected chi connectivity index (χ1v) is 9.62. The van der Waals surface area contributed by atoms with Gasteiger partial charge in [-0.25, -0.2) is 0 Å². The van der Waals surface area contributed by atoms with Crippen LogP contribution in [0, 0.1) is 0 Å². The zero-order valence-electron chi connectivity index (χ0n) is 17.4. The second kappa shape index (κ2) is 11.2. The lowest BCUT2D eigenvalue weighted by atomic mass is 10.1. The molecule has 0 unspecified atom stereocenters. The van der Waals surface area contributed by atoms with E-state index < -0.39 is 23.9 Å². The molecule has 0 spiro atoms. The SMILES string of the molecule is CC(C)Oc1ccc(C(=O)N/C(=C\c2ccc(OC(F)(F)F)cc2)C(=O)NCCO)cc1. The lowest BCUT2D eigenvalue weighted by molar-refractivity contribution is -0.274. The lowest BCUT2D eigenvalue weighted by Crippen LogP contribution is -2.36. The standard InChI is InChI=1S/C22H23F3N2O5/c1-14(2)31-17-9-5-16(6-10-17)20(29)27-19(21(30)26-11-12-28)13-15-3-7-18(8-4-15)32-22(23,24)25/h3-10,13-14,28H,11-12H2,1-2H3,(H,26,30)(H,27,29)/b19-13-. The Morgan fingerprint density at radius 2 is 1.62 bits per heavy atom. The maximum absolute atomic E-state index is 12.6. The molecule has 0 aromatic heterocycles. The van der Waals surface area contributed by atoms with Crippen molar-refractivity contribution in [2.75, 3.05) is 13.2 Å². The molecule has 2 rings (SSSR count). The summed E-state index contributed by atoms with van der Waals surface area (Å²) in [4.78, 5) is 25.0. The first kappa shape index (κ1) is 24.7. The highest BCUT2D eigenvalue weighted by molar-refractivity contribution is 6.05. The Morgan fingerprint density at radius 1 is 1.03 bits per heavy atom. The van der Waals surface area contributed by atoms with E-state index in [2.05, 4.69) is 15.4 Å². The summed E-state index contributed by atoms with van der Waals surface area (Å²) >= 11 is 0. The molecule has 172 valence electrons. The normalized spacial score (nSPS) is 11.8. The summed E-state index contributed by atoms with van der Waals surface area (Å²) in [5.41, 5.74) is 0.445. The third-order valence-corrected chi connectivity index (χ3v) is 3.80. The second-order valence-electron chi connectivity index (χ2n) is 6.80. The number of carbonyl (C=O) groups is 2. The van der Waals surface area contributed by atoms with E-state index in [4.69, 9.17) is 9.84 Å². The van der Waals surface area contributed by atoms with Crippen molar-refractivity contribution in [1.29, 1.82) is 0 Å². The smallest absolute Gasteiger partial charge is 0.491 e. The molecule has 0 saturated heterocycles. The molecule has 0 radical (unpaired) electrons. The van der Waals surface area contributed by atoms with Gasteiger partial charge in [-0.05, 0) is 61.9 Å². The Bertz CT molecular complexity index is 940. The van der Waals surface area contributed by atoms with Gasteiger partial charge in [-0.1, -0.05) is 12.1 Å². The van der Waals surface area contributed by atoms with Crippen molar-refractivity contribution in [2.45, 2.75) is 26.3 Å². The minimum atomic E-state index is -4.82. The molecule has 7 nitrogen and oxygen atoms in total. The number of nitrogens with one attached hydrogen (secondary N) is 2. The summed E-state index contributed by atoms with van der Waals surface area (Å²) in [6, 6.07) is 11.0. The van der Waals surface area contributed by atoms with Gasteiger partial charge in [0.05, 0.1) is 12.7 Å². The van der Waals surface area contributed by atoms with Gasteiger partial charge in [0.25, 0.3) is 11.8 Å². The number of ether oxygens (including phenoxy) is 2. The van der Waals surface area contributed by atoms with Gasteiger partial charge < -0.3 is 25.2 Å². The molecule has 0 aliphatic carbocycles. The second-order valence-corrected chi connectivity index (χ2v) is 6.80. The van der Waals surface area contributed by atoms with E-state index in [0.717, 1.165) is 12.1 Å². The molecule has 2 aromatic rings. The van der Waals surface area contributed by atoms with Gasteiger partial charge in [0.1, 0.15) is 17.2 Å². The fraction of sp³-hybridized carbons (Fsp3) is 0.273. The van der Waals surface area contributed by atoms with Crippen molar-refractivity contribution >= 4 is 17.9 Å². The highest BCUT2D eigenvalue weighted by atomic mass is 19.4. The van der Waals surface area contributed by atoms with Gasteiger partial charge in [0.15, 0.2) is 0 Å². The van der Waals surface area contributed by atoms with Gasteiger partial charge in [-0.3, -0.25) is 9.59 Å². The van der Waals surface area contributed by atoms with E-state index in [1.165, 1.54) is 30.3 Å². The van der Waals surface area contributed by atoms with E-state index >= 15 is 0 Å². The fourth-order valence-corrected chi connectivity index (χ4v) is 2.51. The van der Waals surface area contributed by atoms with Gasteiger partial charge in [0, 0.05) is 12.1 Å². The number of halogens is 3. The predicted molar refractivity (Wildman–Crippen MR) is 111 cm³/mol. The molecular weight excluding hydrogens is 429 g/mol. The number of amides is 2. The summed E-state index contributed by atoms with van der Waals surface area (Å²) in [7, 11) is 0. The monoisotopic (exact) mass is 452 g/mol. The number of alkyl halides is 3. The van der Waals surface area contributed by atoms with Gasteiger partial charge in [-0.15, -0.1) is 13.2 Å². The molecule has 10 heteroatoms. The minimum Gasteiger partial charge on any atom is -0.491 e. The molecule has 2 amide bonds. The molecule has 0 bridgehead atoms. The maximum Gasteiger partial charge on any atom is 0.573 e. The van der Waals surface area contributed by atoms with Crippen molar-refractivity contribution in [3.63, 3.8) is 0 Å². The van der Waals surface area contributed by atoms with Crippen LogP contribution in [0.4, 0.5) is 13.2 Å². The van der Waals surface area contributed by atoms with E-state index in [-0.39, 0.29) is 30.5 Å². The third kappa shape index (κ3) is 8.31. The van der Waals surface area contributed by atoms with E-state index in [1.54, 1.807) is 12.1 Å². The molecule has 2 aromatic carbocycles. The molecule has 0 saturated carbocycles. The number of hydrogen-bond acceptors (Lipinski definition) is 5. The Kier molecular flexibility index (Phi) is 8.65. The quantitative estimate of drug-likeness (QED) is 0.508. The zero-order chi connectivity index (χ0) is 23.7. The topological polar surface area (TPSA) is 96.9 Å². The van der Waals surface area contributed by atoms with Gasteiger partial charge in [-0.2, -0.15) is 0 Å². The average Bonchev–Trinajstić information content (AvgIpc) is 2.71. The average molecular weight is 452 g/mol. The number of aliphatic hydroxyl groups is 1. The summed E-state index contributed by atoms with van der Waals surface area (Å²) in [5, 5.41) is 13.8. The Morgan fingerprint density at radius 3 is 2.16 bits per heavy atom. The van der Waals surface area contributed by atoms with Gasteiger partial charge in [0.2, 0.25) is 0 Å². The van der Waals surface area contributed by atoms with Crippen LogP contribution in [0.1, 0.15) is 29.8 Å². The Hall–Kier alpha value is -3.53. The van der Waals surface area contributed by atoms with Crippen molar-refractivity contribution in [3.8, 4) is 11.5 Å². The number of hydrogen-bond donors (Lipinski definition) is 3. The largest absolute Gasteiger partial charge is 0.573 e. The van der Waals surface area contributed by atoms with Crippen LogP contribution in [0.2, 0.25) is 0 Å². The van der Waals surface area contributed by atoms with Crippen LogP contribution in [0.25, 0.3) is 6.08 Å². The number of rotatable bonds is 9. The summed E-state index contributed by atoms with van der Waals surface area (Å²) in [5.74, 6) is -1.10. The zero-order valence-corrected chi connectivity index (χ0v) is 17.4. The van der Waals surface area contributed by atoms with Crippen molar-refractivity contribution in [1.82, 2.24) is 10.6 Å². The summed E-state index contributed by atoms with van der Waals surface area (Å²) in [6.45, 7) is 3.37. The van der Waals surface area contributed by atoms with Crippen LogP contribution in [0.15, 0.2) is 54.2 Å². The van der Waals surface area contributed by atoms with E-state index in [1.807, 2.05) is 13.8 Å². The van der Waals surface area contributed by atoms with Crippen LogP contribution in [-0.4, -0.2) is 42.5 Å². The van der Waals surface area contributed by atoms with Crippen LogP contribution in [0.5, 0.6) is 11.5 Å². The van der Waals surface area contributed by atoms with Crippen molar-refractivity contribution in [2.24, 2.45) is 0 Å². The van der Waals surface area contributed by atoms with Crippen LogP contribution < -0.4 is 20.1 Å². The number of aliphatic hydroxyl groups excluding tert-OH is 1. The molecule has 0 heterocycles. The molecule has 0 aliphatic heterocycles. The molecule has 0 aliphatic rings. The minimum absolute atomic E-state index is 0.0349. The summed E-state index contributed by atoms with van der Waals surface area (Å²) < 4.78 is 46.2. The molecule has 0 atom stereocenters. The van der Waals surface area contributed by atoms with Crippen LogP contribution >= 0.6 is 0 Å². The first-order chi connectivity index (χ1) is 15.1. The van der Waals surface area contributed by atoms with Crippen molar-refractivity contribution in [3.05, 3.63) is 65.4 Å². The molecule has 32 heavy (non-hydrogen) atoms. The molecular formula is C22H23F3N2O5. The fourth-order valence-electron chi connectivity index (χ4n) is 2.51. The highest BCUT2D eigenvalue weighted by Gasteiger charge is 2.30. The highest BCUT2D eigenvalue weighted by Crippen LogP contribution is 2.23. The van der Waals surface area contributed by atoms with Crippen LogP contribution in [-0.2, 0) is 4.79 Å². The molecule has 0 fully saturated rings. The van der Waals surface area contributed by atoms with Crippen LogP contribution in [0.3, 0.4) is 0 Å². The number of benzene rings is 2. The Labute approximate surface area is 182 Å². The van der Waals surface area contributed by atoms with Gasteiger partial charge >= 0.3 is 6.36 Å². The first-order valence-electron chi connectivity index (χ1n) is 9.62. The van der Waals surface area contributed by atoms with Crippen molar-refractivity contribution < 1.29 is 37.3 Å². The van der Waals surface area contributed by atoms with E-state index in [0.29, 0.717) is 11.3 Å². The van der Waals surface area contributed by atoms with E-state index in [9.17, 15) is 22.8 Å². The Balaban J connectivity index is 2.21. The lowest BCUT2D eigenvalue weighted by Gasteiger charge is -2.12. The molecule has 3 N–H and O–H groups in total. The number of carbonyl (C=O) groups excluding carboxylic acids is 2. The predicted octanol–water partition coefficient (Wildman–Crippen LogP) is 3.25. The summed E-state index contributed by atoms with van der Waals surface area (Å²) in [6.07, 6.45) is -3.57. The third-order valence-electron chi connectivity index (χ3n) is 3.80. The maximum atomic E-state index is 12.6.